The number of nitrogen functional groups attached to an aromatic ring is 1. The Morgan fingerprint density at radius 1 is 0.419 bits per heavy atom. The fraction of sp³-hybridized carbons (Fsp3) is 0. The summed E-state index contributed by atoms with van der Waals surface area (Å²) < 4.78 is 0. The van der Waals surface area contributed by atoms with E-state index in [0.717, 1.165) is 16.7 Å². The predicted molar refractivity (Wildman–Crippen MR) is 179 cm³/mol. The molecule has 0 radical (unpaired) electrons. The van der Waals surface area contributed by atoms with Crippen LogP contribution in [-0.2, 0) is 0 Å². The van der Waals surface area contributed by atoms with Gasteiger partial charge in [0.1, 0.15) is 0 Å². The van der Waals surface area contributed by atoms with Crippen molar-refractivity contribution >= 4 is 16.5 Å². The van der Waals surface area contributed by atoms with E-state index in [0.29, 0.717) is 11.3 Å². The maximum Gasteiger partial charge on any atom is 0.0992 e. The van der Waals surface area contributed by atoms with Gasteiger partial charge in [-0.15, -0.1) is 0 Å². The first-order chi connectivity index (χ1) is 21.2. The fourth-order valence-electron chi connectivity index (χ4n) is 6.72. The third kappa shape index (κ3) is 4.02. The van der Waals surface area contributed by atoms with Crippen molar-refractivity contribution in [2.75, 3.05) is 5.73 Å². The van der Waals surface area contributed by atoms with Crippen LogP contribution in [-0.4, -0.2) is 0 Å². The topological polar surface area (TPSA) is 49.8 Å². The van der Waals surface area contributed by atoms with E-state index in [2.05, 4.69) is 133 Å². The van der Waals surface area contributed by atoms with Gasteiger partial charge in [-0.25, -0.2) is 0 Å². The first-order valence-electron chi connectivity index (χ1n) is 14.5. The third-order valence-electron chi connectivity index (χ3n) is 8.51. The van der Waals surface area contributed by atoms with Crippen molar-refractivity contribution in [3.8, 4) is 72.8 Å². The fourth-order valence-corrected chi connectivity index (χ4v) is 6.72. The maximum absolute atomic E-state index is 9.59. The van der Waals surface area contributed by atoms with Gasteiger partial charge in [-0.2, -0.15) is 5.26 Å². The van der Waals surface area contributed by atoms with Crippen LogP contribution in [0, 0.1) is 11.3 Å². The highest BCUT2D eigenvalue weighted by molar-refractivity contribution is 6.22. The first-order valence-corrected chi connectivity index (χ1v) is 14.5. The summed E-state index contributed by atoms with van der Waals surface area (Å²) in [4.78, 5) is 0. The lowest BCUT2D eigenvalue weighted by atomic mass is 9.82. The van der Waals surface area contributed by atoms with Gasteiger partial charge < -0.3 is 5.73 Å². The van der Waals surface area contributed by atoms with Crippen LogP contribution in [0.1, 0.15) is 5.56 Å². The highest BCUT2D eigenvalue weighted by atomic mass is 14.5. The molecule has 1 aliphatic rings. The normalized spacial score (nSPS) is 11.3. The molecule has 1 aliphatic carbocycles. The summed E-state index contributed by atoms with van der Waals surface area (Å²) in [5, 5.41) is 12.1. The Hall–Kier alpha value is -5.91. The predicted octanol–water partition coefficient (Wildman–Crippen LogP) is 10.6. The molecule has 0 saturated carbocycles. The van der Waals surface area contributed by atoms with Crippen LogP contribution in [0.15, 0.2) is 146 Å². The van der Waals surface area contributed by atoms with Crippen molar-refractivity contribution < 1.29 is 0 Å². The van der Waals surface area contributed by atoms with Crippen LogP contribution in [0.5, 0.6) is 0 Å². The average molecular weight is 547 g/mol. The van der Waals surface area contributed by atoms with Gasteiger partial charge in [0, 0.05) is 5.69 Å². The molecule has 2 N–H and O–H groups in total. The molecule has 0 spiro atoms. The van der Waals surface area contributed by atoms with E-state index in [1.807, 2.05) is 12.1 Å². The Labute approximate surface area is 250 Å². The molecule has 43 heavy (non-hydrogen) atoms. The monoisotopic (exact) mass is 546 g/mol. The molecule has 0 unspecified atom stereocenters. The minimum Gasteiger partial charge on any atom is -0.399 e. The van der Waals surface area contributed by atoms with Crippen LogP contribution in [0.2, 0.25) is 0 Å². The zero-order valence-electron chi connectivity index (χ0n) is 23.4. The van der Waals surface area contributed by atoms with Crippen molar-refractivity contribution in [2.24, 2.45) is 0 Å². The summed E-state index contributed by atoms with van der Waals surface area (Å²) in [6, 6.07) is 53.5. The molecule has 7 aromatic rings. The van der Waals surface area contributed by atoms with Crippen molar-refractivity contribution in [1.29, 1.82) is 5.26 Å². The Morgan fingerprint density at radius 2 is 1.02 bits per heavy atom. The summed E-state index contributed by atoms with van der Waals surface area (Å²) in [6.07, 6.45) is 0. The summed E-state index contributed by atoms with van der Waals surface area (Å²) in [7, 11) is 0. The second-order valence-corrected chi connectivity index (χ2v) is 11.1. The minimum atomic E-state index is 0.556. The van der Waals surface area contributed by atoms with Crippen LogP contribution < -0.4 is 5.73 Å². The van der Waals surface area contributed by atoms with Gasteiger partial charge in [-0.3, -0.25) is 0 Å². The Bertz CT molecular complexity index is 2230. The van der Waals surface area contributed by atoms with Crippen molar-refractivity contribution in [2.45, 2.75) is 0 Å². The molecule has 7 aromatic carbocycles. The van der Waals surface area contributed by atoms with E-state index >= 15 is 0 Å². The lowest BCUT2D eigenvalue weighted by molar-refractivity contribution is 1.48. The summed E-state index contributed by atoms with van der Waals surface area (Å²) >= 11 is 0. The second kappa shape index (κ2) is 9.87. The van der Waals surface area contributed by atoms with Gasteiger partial charge in [0.2, 0.25) is 0 Å². The van der Waals surface area contributed by atoms with Crippen LogP contribution in [0.4, 0.5) is 5.69 Å². The molecule has 0 fully saturated rings. The van der Waals surface area contributed by atoms with E-state index in [1.54, 1.807) is 6.07 Å². The zero-order valence-corrected chi connectivity index (χ0v) is 23.4. The molecule has 2 heteroatoms. The number of rotatable bonds is 4. The smallest absolute Gasteiger partial charge is 0.0992 e. The number of hydrogen-bond acceptors (Lipinski definition) is 2. The molecule has 2 nitrogen and oxygen atoms in total. The quantitative estimate of drug-likeness (QED) is 0.223. The van der Waals surface area contributed by atoms with Gasteiger partial charge >= 0.3 is 0 Å². The molecule has 0 saturated heterocycles. The van der Waals surface area contributed by atoms with E-state index in [1.165, 1.54) is 60.8 Å². The third-order valence-corrected chi connectivity index (χ3v) is 8.51. The zero-order chi connectivity index (χ0) is 28.9. The lowest BCUT2D eigenvalue weighted by Crippen LogP contribution is -1.95. The van der Waals surface area contributed by atoms with Gasteiger partial charge in [0.15, 0.2) is 0 Å². The van der Waals surface area contributed by atoms with E-state index < -0.39 is 0 Å². The highest BCUT2D eigenvalue weighted by Crippen LogP contribution is 2.57. The lowest BCUT2D eigenvalue weighted by Gasteiger charge is -2.21. The summed E-state index contributed by atoms with van der Waals surface area (Å²) in [5.74, 6) is 0. The van der Waals surface area contributed by atoms with Gasteiger partial charge in [-0.05, 0) is 108 Å². The number of nitriles is 1. The number of anilines is 1. The van der Waals surface area contributed by atoms with Gasteiger partial charge in [-0.1, -0.05) is 115 Å². The molecule has 0 aromatic heterocycles. The maximum atomic E-state index is 9.59. The highest BCUT2D eigenvalue weighted by Gasteiger charge is 2.30. The summed E-state index contributed by atoms with van der Waals surface area (Å²) in [5.41, 5.74) is 21.5. The van der Waals surface area contributed by atoms with Crippen LogP contribution in [0.3, 0.4) is 0 Å². The largest absolute Gasteiger partial charge is 0.399 e. The minimum absolute atomic E-state index is 0.556. The Morgan fingerprint density at radius 3 is 1.74 bits per heavy atom. The van der Waals surface area contributed by atoms with Crippen molar-refractivity contribution in [3.63, 3.8) is 0 Å². The molecule has 0 bridgehead atoms. The van der Waals surface area contributed by atoms with E-state index in [-0.39, 0.29) is 0 Å². The van der Waals surface area contributed by atoms with Crippen LogP contribution >= 0.6 is 0 Å². The second-order valence-electron chi connectivity index (χ2n) is 11.1. The number of hydrogen-bond donors (Lipinski definition) is 1. The number of nitrogens with two attached hydrogens (primary N) is 1. The van der Waals surface area contributed by atoms with E-state index in [4.69, 9.17) is 5.73 Å². The van der Waals surface area contributed by atoms with Crippen LogP contribution in [0.25, 0.3) is 77.5 Å². The molecule has 0 amide bonds. The van der Waals surface area contributed by atoms with Crippen molar-refractivity contribution in [3.05, 3.63) is 151 Å². The van der Waals surface area contributed by atoms with Gasteiger partial charge in [0.05, 0.1) is 11.6 Å². The molecule has 0 aliphatic heterocycles. The number of benzene rings is 7. The number of nitrogens with zero attached hydrogens (tertiary/aromatic N) is 1. The molecule has 200 valence electrons. The Kier molecular flexibility index (Phi) is 5.71. The molecular formula is C41H26N2. The molecule has 0 atom stereocenters. The van der Waals surface area contributed by atoms with E-state index in [9.17, 15) is 5.26 Å². The molecule has 8 rings (SSSR count). The molecule has 0 heterocycles. The standard InChI is InChI=1S/C41H26N2/c42-25-26-20-32(23-33(43)21-26)30-16-7-17-31(22-30)37-24-36(27-10-3-1-4-11-27)40-34-18-8-14-28-15-9-19-35(38(28)34)41(40)39(37)29-12-5-2-6-13-29/h1-24H,43H2. The SMILES string of the molecule is N#Cc1cc(N)cc(-c2cccc(-c3cc(-c4ccccc4)c4c(c3-c3ccccc3)-c3cccc5cccc-4c35)c2)c1. The van der Waals surface area contributed by atoms with Crippen molar-refractivity contribution in [1.82, 2.24) is 0 Å². The average Bonchev–Trinajstić information content (AvgIpc) is 3.40. The molecular weight excluding hydrogens is 520 g/mol. The summed E-state index contributed by atoms with van der Waals surface area (Å²) in [6.45, 7) is 0. The van der Waals surface area contributed by atoms with Gasteiger partial charge in [0.25, 0.3) is 0 Å². The first kappa shape index (κ1) is 24.9. The number of fused-ring (bicyclic) bond motifs is 3. The Balaban J connectivity index is 1.49.